The maximum absolute atomic E-state index is 12.5. The number of aliphatic hydroxyl groups is 1. The molecule has 9 heteroatoms. The van der Waals surface area contributed by atoms with Gasteiger partial charge in [-0.3, -0.25) is 0 Å². The molecule has 0 aliphatic carbocycles. The average Bonchev–Trinajstić information content (AvgIpc) is 2.32. The Morgan fingerprint density at radius 1 is 1.32 bits per heavy atom. The first-order chi connectivity index (χ1) is 8.93. The lowest BCUT2D eigenvalue weighted by molar-refractivity contribution is -0.141. The van der Waals surface area contributed by atoms with E-state index in [0.29, 0.717) is 19.6 Å². The zero-order chi connectivity index (χ0) is 14.3. The first kappa shape index (κ1) is 15.9. The third kappa shape index (κ3) is 6.04. The van der Waals surface area contributed by atoms with E-state index in [1.54, 1.807) is 0 Å². The molecule has 1 aromatic rings. The molecule has 5 nitrogen and oxygen atoms in total. The van der Waals surface area contributed by atoms with Crippen molar-refractivity contribution in [2.24, 2.45) is 0 Å². The molecule has 1 heterocycles. The van der Waals surface area contributed by atoms with Crippen molar-refractivity contribution in [2.45, 2.75) is 12.6 Å². The smallest absolute Gasteiger partial charge is 0.394 e. The van der Waals surface area contributed by atoms with E-state index < -0.39 is 17.2 Å². The molecular formula is C10H13ClF3N3O2. The third-order valence-corrected chi connectivity index (χ3v) is 2.17. The van der Waals surface area contributed by atoms with Crippen molar-refractivity contribution in [1.29, 1.82) is 0 Å². The van der Waals surface area contributed by atoms with E-state index in [9.17, 15) is 13.2 Å². The Morgan fingerprint density at radius 3 is 2.68 bits per heavy atom. The predicted molar refractivity (Wildman–Crippen MR) is 63.1 cm³/mol. The molecule has 0 aliphatic heterocycles. The zero-order valence-electron chi connectivity index (χ0n) is 9.87. The van der Waals surface area contributed by atoms with Crippen LogP contribution in [0.3, 0.4) is 0 Å². The maximum Gasteiger partial charge on any atom is 0.433 e. The Bertz CT molecular complexity index is 404. The lowest BCUT2D eigenvalue weighted by Crippen LogP contribution is -2.12. The molecule has 0 aliphatic rings. The minimum Gasteiger partial charge on any atom is -0.394 e. The maximum atomic E-state index is 12.5. The van der Waals surface area contributed by atoms with Crippen molar-refractivity contribution in [1.82, 2.24) is 9.97 Å². The molecule has 0 saturated heterocycles. The molecule has 1 rings (SSSR count). The van der Waals surface area contributed by atoms with Crippen LogP contribution in [0.2, 0.25) is 5.28 Å². The van der Waals surface area contributed by atoms with E-state index in [2.05, 4.69) is 15.3 Å². The standard InChI is InChI=1S/C10H13ClF3N3O2/c11-9-16-7(10(12,13)14)6-8(17-9)15-2-1-4-19-5-3-18/h6,18H,1-5H2,(H,15,16,17). The van der Waals surface area contributed by atoms with Crippen molar-refractivity contribution < 1.29 is 23.0 Å². The van der Waals surface area contributed by atoms with Gasteiger partial charge >= 0.3 is 6.18 Å². The summed E-state index contributed by atoms with van der Waals surface area (Å²) in [4.78, 5) is 6.75. The number of aromatic nitrogens is 2. The van der Waals surface area contributed by atoms with Crippen molar-refractivity contribution in [3.05, 3.63) is 17.0 Å². The number of aliphatic hydroxyl groups excluding tert-OH is 1. The van der Waals surface area contributed by atoms with E-state index in [-0.39, 0.29) is 19.0 Å². The molecule has 0 amide bonds. The van der Waals surface area contributed by atoms with E-state index in [4.69, 9.17) is 21.4 Å². The van der Waals surface area contributed by atoms with Gasteiger partial charge in [-0.25, -0.2) is 9.97 Å². The molecule has 108 valence electrons. The van der Waals surface area contributed by atoms with Gasteiger partial charge in [0.25, 0.3) is 0 Å². The molecule has 0 atom stereocenters. The lowest BCUT2D eigenvalue weighted by atomic mass is 10.3. The normalized spacial score (nSPS) is 11.6. The van der Waals surface area contributed by atoms with Gasteiger partial charge in [-0.05, 0) is 18.0 Å². The summed E-state index contributed by atoms with van der Waals surface area (Å²) in [6.45, 7) is 0.927. The molecule has 0 bridgehead atoms. The number of alkyl halides is 3. The van der Waals surface area contributed by atoms with E-state index in [1.807, 2.05) is 0 Å². The van der Waals surface area contributed by atoms with Gasteiger partial charge in [0, 0.05) is 19.2 Å². The quantitative estimate of drug-likeness (QED) is 0.595. The Kier molecular flexibility index (Phi) is 6.26. The summed E-state index contributed by atoms with van der Waals surface area (Å²) in [5, 5.41) is 10.7. The summed E-state index contributed by atoms with van der Waals surface area (Å²) < 4.78 is 42.4. The van der Waals surface area contributed by atoms with Crippen LogP contribution in [0.5, 0.6) is 0 Å². The highest BCUT2D eigenvalue weighted by atomic mass is 35.5. The molecule has 0 unspecified atom stereocenters. The highest BCUT2D eigenvalue weighted by Gasteiger charge is 2.33. The van der Waals surface area contributed by atoms with Crippen molar-refractivity contribution in [3.63, 3.8) is 0 Å². The third-order valence-electron chi connectivity index (χ3n) is 2.00. The topological polar surface area (TPSA) is 67.3 Å². The highest BCUT2D eigenvalue weighted by molar-refractivity contribution is 6.28. The summed E-state index contributed by atoms with van der Waals surface area (Å²) in [7, 11) is 0. The van der Waals surface area contributed by atoms with Crippen molar-refractivity contribution in [3.8, 4) is 0 Å². The van der Waals surface area contributed by atoms with Crippen LogP contribution < -0.4 is 5.32 Å². The fraction of sp³-hybridized carbons (Fsp3) is 0.600. The Hall–Kier alpha value is -1.12. The minimum atomic E-state index is -4.56. The highest BCUT2D eigenvalue weighted by Crippen LogP contribution is 2.29. The Morgan fingerprint density at radius 2 is 2.05 bits per heavy atom. The summed E-state index contributed by atoms with van der Waals surface area (Å²) in [5.41, 5.74) is -1.09. The van der Waals surface area contributed by atoms with Gasteiger partial charge < -0.3 is 15.2 Å². The van der Waals surface area contributed by atoms with Gasteiger partial charge in [-0.15, -0.1) is 0 Å². The van der Waals surface area contributed by atoms with Gasteiger partial charge in [0.1, 0.15) is 5.82 Å². The first-order valence-corrected chi connectivity index (χ1v) is 5.85. The number of rotatable bonds is 7. The molecular weight excluding hydrogens is 287 g/mol. The molecule has 19 heavy (non-hydrogen) atoms. The molecule has 0 spiro atoms. The van der Waals surface area contributed by atoms with Crippen LogP contribution in [0.1, 0.15) is 12.1 Å². The molecule has 1 aromatic heterocycles. The second kappa shape index (κ2) is 7.46. The van der Waals surface area contributed by atoms with Gasteiger partial charge in [0.15, 0.2) is 5.69 Å². The van der Waals surface area contributed by atoms with Crippen LogP contribution in [0, 0.1) is 0 Å². The van der Waals surface area contributed by atoms with Crippen LogP contribution in [0.25, 0.3) is 0 Å². The Labute approximate surface area is 112 Å². The zero-order valence-corrected chi connectivity index (χ0v) is 10.6. The van der Waals surface area contributed by atoms with Crippen LogP contribution in [-0.2, 0) is 10.9 Å². The van der Waals surface area contributed by atoms with Crippen LogP contribution in [0.15, 0.2) is 6.07 Å². The molecule has 0 fully saturated rings. The fourth-order valence-corrected chi connectivity index (χ4v) is 1.39. The van der Waals surface area contributed by atoms with E-state index >= 15 is 0 Å². The Balaban J connectivity index is 2.48. The minimum absolute atomic E-state index is 0.00878. The van der Waals surface area contributed by atoms with E-state index in [1.165, 1.54) is 0 Å². The number of anilines is 1. The summed E-state index contributed by atoms with van der Waals surface area (Å²) >= 11 is 5.42. The van der Waals surface area contributed by atoms with Gasteiger partial charge in [0.05, 0.1) is 13.2 Å². The number of nitrogens with one attached hydrogen (secondary N) is 1. The summed E-state index contributed by atoms with van der Waals surface area (Å²) in [6, 6.07) is 0.792. The molecule has 0 radical (unpaired) electrons. The number of ether oxygens (including phenoxy) is 1. The van der Waals surface area contributed by atoms with Crippen molar-refractivity contribution >= 4 is 17.4 Å². The molecule has 0 aromatic carbocycles. The average molecular weight is 300 g/mol. The summed E-state index contributed by atoms with van der Waals surface area (Å²) in [6.07, 6.45) is -4.00. The summed E-state index contributed by atoms with van der Waals surface area (Å²) in [5.74, 6) is 0.00878. The van der Waals surface area contributed by atoms with Crippen LogP contribution in [0.4, 0.5) is 19.0 Å². The first-order valence-electron chi connectivity index (χ1n) is 5.47. The number of hydrogen-bond acceptors (Lipinski definition) is 5. The SMILES string of the molecule is OCCOCCCNc1cc(C(F)(F)F)nc(Cl)n1. The monoisotopic (exact) mass is 299 g/mol. The molecule has 2 N–H and O–H groups in total. The van der Waals surface area contributed by atoms with Gasteiger partial charge in [-0.1, -0.05) is 0 Å². The molecule has 0 saturated carbocycles. The predicted octanol–water partition coefficient (Wildman–Crippen LogP) is 1.96. The number of halogens is 4. The van der Waals surface area contributed by atoms with Gasteiger partial charge in [-0.2, -0.15) is 13.2 Å². The fourth-order valence-electron chi connectivity index (χ4n) is 1.21. The van der Waals surface area contributed by atoms with E-state index in [0.717, 1.165) is 6.07 Å². The van der Waals surface area contributed by atoms with Crippen molar-refractivity contribution in [2.75, 3.05) is 31.7 Å². The van der Waals surface area contributed by atoms with Crippen LogP contribution >= 0.6 is 11.6 Å². The van der Waals surface area contributed by atoms with Crippen LogP contribution in [-0.4, -0.2) is 41.4 Å². The number of nitrogens with zero attached hydrogens (tertiary/aromatic N) is 2. The lowest BCUT2D eigenvalue weighted by Gasteiger charge is -2.09. The largest absolute Gasteiger partial charge is 0.433 e. The van der Waals surface area contributed by atoms with Gasteiger partial charge in [0.2, 0.25) is 5.28 Å². The second-order valence-corrected chi connectivity index (χ2v) is 3.86. The number of hydrogen-bond donors (Lipinski definition) is 2. The second-order valence-electron chi connectivity index (χ2n) is 3.52.